The number of rotatable bonds is 0. The molecule has 0 amide bonds. The molecular weight excluding hydrogens is 254 g/mol. The molecule has 1 saturated heterocycles. The van der Waals surface area contributed by atoms with E-state index < -0.39 is 0 Å². The van der Waals surface area contributed by atoms with Crippen LogP contribution in [0.1, 0.15) is 24.0 Å². The zero-order chi connectivity index (χ0) is 13.3. The van der Waals surface area contributed by atoms with Gasteiger partial charge < -0.3 is 14.6 Å². The Morgan fingerprint density at radius 1 is 1.25 bits per heavy atom. The van der Waals surface area contributed by atoms with Crippen molar-refractivity contribution in [2.45, 2.75) is 36.9 Å². The second kappa shape index (κ2) is 3.57. The van der Waals surface area contributed by atoms with Crippen LogP contribution in [-0.2, 0) is 12.0 Å². The number of hydrogen-bond donors (Lipinski definition) is 1. The molecule has 4 atom stereocenters. The van der Waals surface area contributed by atoms with E-state index in [1.54, 1.807) is 0 Å². The molecular formula is C16H17NO3. The van der Waals surface area contributed by atoms with Crippen LogP contribution in [-0.4, -0.2) is 35.5 Å². The first-order valence-corrected chi connectivity index (χ1v) is 7.31. The molecule has 4 heteroatoms. The van der Waals surface area contributed by atoms with Crippen LogP contribution < -0.4 is 9.47 Å². The predicted octanol–water partition coefficient (Wildman–Crippen LogP) is 1.56. The van der Waals surface area contributed by atoms with Gasteiger partial charge in [-0.15, -0.1) is 0 Å². The monoisotopic (exact) mass is 271 g/mol. The normalized spacial score (nSPS) is 39.5. The number of aliphatic hydroxyl groups is 1. The van der Waals surface area contributed by atoms with E-state index in [4.69, 9.17) is 9.47 Å². The fourth-order valence-corrected chi connectivity index (χ4v) is 4.48. The van der Waals surface area contributed by atoms with Gasteiger partial charge in [0, 0.05) is 24.5 Å². The molecule has 0 radical (unpaired) electrons. The Morgan fingerprint density at radius 3 is 3.00 bits per heavy atom. The maximum absolute atomic E-state index is 9.95. The Labute approximate surface area is 117 Å². The molecule has 4 aliphatic rings. The number of fused-ring (bicyclic) bond motifs is 2. The van der Waals surface area contributed by atoms with Crippen LogP contribution in [0.25, 0.3) is 0 Å². The van der Waals surface area contributed by atoms with Gasteiger partial charge in [0.2, 0.25) is 6.79 Å². The van der Waals surface area contributed by atoms with E-state index in [0.717, 1.165) is 37.4 Å². The summed E-state index contributed by atoms with van der Waals surface area (Å²) in [5.41, 5.74) is 2.79. The molecule has 3 heterocycles. The van der Waals surface area contributed by atoms with Crippen molar-refractivity contribution < 1.29 is 14.6 Å². The minimum Gasteiger partial charge on any atom is -0.454 e. The Kier molecular flexibility index (Phi) is 1.99. The Balaban J connectivity index is 1.74. The molecule has 2 bridgehead atoms. The molecule has 1 N–H and O–H groups in total. The van der Waals surface area contributed by atoms with E-state index >= 15 is 0 Å². The Bertz CT molecular complexity index is 626. The highest BCUT2D eigenvalue weighted by Gasteiger charge is 2.53. The molecule has 4 nitrogen and oxygen atoms in total. The van der Waals surface area contributed by atoms with Crippen molar-refractivity contribution in [2.75, 3.05) is 13.3 Å². The van der Waals surface area contributed by atoms with Crippen LogP contribution >= 0.6 is 0 Å². The molecule has 0 aromatic heterocycles. The first-order chi connectivity index (χ1) is 9.76. The molecule has 5 rings (SSSR count). The zero-order valence-electron chi connectivity index (χ0n) is 11.2. The maximum atomic E-state index is 9.95. The highest BCUT2D eigenvalue weighted by molar-refractivity contribution is 5.55. The highest BCUT2D eigenvalue weighted by Crippen LogP contribution is 2.53. The average molecular weight is 271 g/mol. The molecule has 20 heavy (non-hydrogen) atoms. The molecule has 1 aliphatic carbocycles. The average Bonchev–Trinajstić information content (AvgIpc) is 3.00. The van der Waals surface area contributed by atoms with Gasteiger partial charge in [0.05, 0.1) is 6.10 Å². The minimum atomic E-state index is -0.302. The third-order valence-corrected chi connectivity index (χ3v) is 5.40. The Morgan fingerprint density at radius 2 is 2.10 bits per heavy atom. The van der Waals surface area contributed by atoms with Gasteiger partial charge in [-0.25, -0.2) is 0 Å². The summed E-state index contributed by atoms with van der Waals surface area (Å²) in [5, 5.41) is 9.95. The van der Waals surface area contributed by atoms with Gasteiger partial charge in [-0.3, -0.25) is 4.90 Å². The maximum Gasteiger partial charge on any atom is 0.231 e. The van der Waals surface area contributed by atoms with E-state index in [1.165, 1.54) is 11.1 Å². The third kappa shape index (κ3) is 1.24. The van der Waals surface area contributed by atoms with E-state index in [0.29, 0.717) is 12.8 Å². The summed E-state index contributed by atoms with van der Waals surface area (Å²) in [6.45, 7) is 2.38. The first kappa shape index (κ1) is 11.2. The molecule has 1 aromatic rings. The summed E-state index contributed by atoms with van der Waals surface area (Å²) in [5.74, 6) is 1.75. The molecule has 0 saturated carbocycles. The van der Waals surface area contributed by atoms with Gasteiger partial charge in [-0.1, -0.05) is 12.2 Å². The van der Waals surface area contributed by atoms with E-state index in [-0.39, 0.29) is 11.5 Å². The van der Waals surface area contributed by atoms with E-state index in [1.807, 2.05) is 6.08 Å². The van der Waals surface area contributed by atoms with Crippen molar-refractivity contribution in [1.29, 1.82) is 0 Å². The lowest BCUT2D eigenvalue weighted by molar-refractivity contribution is 0.110. The molecule has 0 spiro atoms. The summed E-state index contributed by atoms with van der Waals surface area (Å²) in [6, 6.07) is 4.75. The summed E-state index contributed by atoms with van der Waals surface area (Å²) < 4.78 is 11.1. The van der Waals surface area contributed by atoms with Crippen LogP contribution in [0.2, 0.25) is 0 Å². The van der Waals surface area contributed by atoms with Crippen molar-refractivity contribution >= 4 is 0 Å². The van der Waals surface area contributed by atoms with Crippen LogP contribution in [0.5, 0.6) is 11.5 Å². The quantitative estimate of drug-likeness (QED) is 0.727. The van der Waals surface area contributed by atoms with Gasteiger partial charge in [0.1, 0.15) is 0 Å². The summed E-state index contributed by atoms with van der Waals surface area (Å²) in [7, 11) is 0. The van der Waals surface area contributed by atoms with Crippen LogP contribution in [0.4, 0.5) is 0 Å². The van der Waals surface area contributed by atoms with Gasteiger partial charge in [0.25, 0.3) is 0 Å². The molecule has 104 valence electrons. The fraction of sp³-hybridized carbons (Fsp3) is 0.500. The number of aliphatic hydroxyl groups excluding tert-OH is 1. The van der Waals surface area contributed by atoms with Crippen molar-refractivity contribution in [3.63, 3.8) is 0 Å². The lowest BCUT2D eigenvalue weighted by atomic mass is 9.66. The number of ether oxygens (including phenoxy) is 2. The summed E-state index contributed by atoms with van der Waals surface area (Å²) in [6.07, 6.45) is 5.88. The second-order valence-corrected chi connectivity index (χ2v) is 6.30. The lowest BCUT2D eigenvalue weighted by Gasteiger charge is -2.45. The SMILES string of the molecule is O[C@@H]1C=CC23CCN(Cc4cc5c(cc42)OCO5)[C@H]3C1. The number of hydrogen-bond acceptors (Lipinski definition) is 4. The smallest absolute Gasteiger partial charge is 0.231 e. The minimum absolute atomic E-state index is 0.0633. The van der Waals surface area contributed by atoms with Gasteiger partial charge >= 0.3 is 0 Å². The van der Waals surface area contributed by atoms with E-state index in [2.05, 4.69) is 23.1 Å². The number of nitrogens with zero attached hydrogens (tertiary/aromatic N) is 1. The van der Waals surface area contributed by atoms with Gasteiger partial charge in [0.15, 0.2) is 11.5 Å². The summed E-state index contributed by atoms with van der Waals surface area (Å²) >= 11 is 0. The zero-order valence-corrected chi connectivity index (χ0v) is 11.2. The third-order valence-electron chi connectivity index (χ3n) is 5.40. The van der Waals surface area contributed by atoms with E-state index in [9.17, 15) is 5.11 Å². The molecule has 1 fully saturated rings. The van der Waals surface area contributed by atoms with Crippen molar-refractivity contribution in [3.8, 4) is 11.5 Å². The first-order valence-electron chi connectivity index (χ1n) is 7.31. The van der Waals surface area contributed by atoms with Gasteiger partial charge in [-0.05, 0) is 36.1 Å². The Hall–Kier alpha value is -1.52. The fourth-order valence-electron chi connectivity index (χ4n) is 4.48. The predicted molar refractivity (Wildman–Crippen MR) is 72.8 cm³/mol. The van der Waals surface area contributed by atoms with Crippen LogP contribution in [0.15, 0.2) is 24.3 Å². The topological polar surface area (TPSA) is 41.9 Å². The van der Waals surface area contributed by atoms with Crippen molar-refractivity contribution in [3.05, 3.63) is 35.4 Å². The van der Waals surface area contributed by atoms with Crippen molar-refractivity contribution in [2.24, 2.45) is 0 Å². The standard InChI is InChI=1S/C16H17NO3/c18-11-1-2-16-3-4-17(15(16)6-11)8-10-5-13-14(7-12(10)16)20-9-19-13/h1-2,5,7,11,15,18H,3-4,6,8-9H2/t11-,15+,16?/m1/s1. The van der Waals surface area contributed by atoms with Crippen LogP contribution in [0, 0.1) is 0 Å². The van der Waals surface area contributed by atoms with Gasteiger partial charge in [-0.2, -0.15) is 0 Å². The lowest BCUT2D eigenvalue weighted by Crippen LogP contribution is -2.49. The highest BCUT2D eigenvalue weighted by atomic mass is 16.7. The molecule has 1 aromatic carbocycles. The largest absolute Gasteiger partial charge is 0.454 e. The molecule has 3 aliphatic heterocycles. The molecule has 2 unspecified atom stereocenters. The summed E-state index contributed by atoms with van der Waals surface area (Å²) in [4.78, 5) is 2.51. The second-order valence-electron chi connectivity index (χ2n) is 6.30. The van der Waals surface area contributed by atoms with Crippen molar-refractivity contribution in [1.82, 2.24) is 4.90 Å². The number of benzene rings is 1. The van der Waals surface area contributed by atoms with Crippen LogP contribution in [0.3, 0.4) is 0 Å².